The maximum atomic E-state index is 12.5. The number of rotatable bonds is 8. The Morgan fingerprint density at radius 2 is 1.94 bits per heavy atom. The lowest BCUT2D eigenvalue weighted by Gasteiger charge is -2.18. The molecule has 0 bridgehead atoms. The number of aromatic nitrogens is 2. The molecule has 32 heavy (non-hydrogen) atoms. The van der Waals surface area contributed by atoms with Crippen LogP contribution >= 0.6 is 0 Å². The topological polar surface area (TPSA) is 69.3 Å². The molecule has 0 aliphatic carbocycles. The van der Waals surface area contributed by atoms with Gasteiger partial charge in [0.05, 0.1) is 29.9 Å². The van der Waals surface area contributed by atoms with Crippen LogP contribution in [0.25, 0.3) is 11.0 Å². The van der Waals surface area contributed by atoms with Crippen molar-refractivity contribution in [3.8, 4) is 5.75 Å². The van der Waals surface area contributed by atoms with E-state index >= 15 is 0 Å². The first-order valence-electron chi connectivity index (χ1n) is 11.0. The summed E-state index contributed by atoms with van der Waals surface area (Å²) in [6.45, 7) is 9.45. The normalized spacial score (nSPS) is 12.3. The number of hydrogen-bond acceptors (Lipinski definition) is 4. The summed E-state index contributed by atoms with van der Waals surface area (Å²) in [6.07, 6.45) is 1.49. The summed E-state index contributed by atoms with van der Waals surface area (Å²) in [5.41, 5.74) is 4.27. The molecule has 6 nitrogen and oxygen atoms in total. The van der Waals surface area contributed by atoms with Crippen molar-refractivity contribution in [1.29, 1.82) is 0 Å². The zero-order chi connectivity index (χ0) is 22.7. The molecule has 166 valence electrons. The molecule has 4 rings (SSSR count). The van der Waals surface area contributed by atoms with Gasteiger partial charge in [-0.2, -0.15) is 0 Å². The van der Waals surface area contributed by atoms with Crippen LogP contribution in [0.1, 0.15) is 60.2 Å². The number of benzene rings is 2. The van der Waals surface area contributed by atoms with E-state index < -0.39 is 0 Å². The minimum atomic E-state index is -0.301. The summed E-state index contributed by atoms with van der Waals surface area (Å²) in [5.74, 6) is 2.10. The van der Waals surface area contributed by atoms with Crippen molar-refractivity contribution in [2.24, 2.45) is 0 Å². The number of carbonyl (C=O) groups is 1. The number of amides is 1. The third-order valence-corrected chi connectivity index (χ3v) is 5.53. The molecule has 0 aliphatic rings. The van der Waals surface area contributed by atoms with E-state index in [4.69, 9.17) is 14.1 Å². The molecule has 0 aliphatic heterocycles. The van der Waals surface area contributed by atoms with Gasteiger partial charge in [0.25, 0.3) is 5.91 Å². The van der Waals surface area contributed by atoms with Crippen LogP contribution in [0.5, 0.6) is 5.75 Å². The molecule has 0 saturated carbocycles. The Morgan fingerprint density at radius 1 is 1.12 bits per heavy atom. The van der Waals surface area contributed by atoms with Gasteiger partial charge < -0.3 is 19.0 Å². The predicted octanol–water partition coefficient (Wildman–Crippen LogP) is 5.63. The van der Waals surface area contributed by atoms with E-state index in [-0.39, 0.29) is 17.7 Å². The van der Waals surface area contributed by atoms with Gasteiger partial charge in [0.15, 0.2) is 5.76 Å². The number of imidazole rings is 1. The maximum Gasteiger partial charge on any atom is 0.287 e. The van der Waals surface area contributed by atoms with Crippen LogP contribution in [-0.2, 0) is 6.54 Å². The fraction of sp³-hybridized carbons (Fsp3) is 0.308. The molecule has 6 heteroatoms. The minimum Gasteiger partial charge on any atom is -0.491 e. The summed E-state index contributed by atoms with van der Waals surface area (Å²) >= 11 is 0. The van der Waals surface area contributed by atoms with E-state index in [9.17, 15) is 4.79 Å². The summed E-state index contributed by atoms with van der Waals surface area (Å²) in [6, 6.07) is 17.4. The van der Waals surface area contributed by atoms with Crippen molar-refractivity contribution in [1.82, 2.24) is 14.9 Å². The van der Waals surface area contributed by atoms with E-state index in [1.807, 2.05) is 31.2 Å². The fourth-order valence-electron chi connectivity index (χ4n) is 3.89. The Balaban J connectivity index is 1.56. The highest BCUT2D eigenvalue weighted by Crippen LogP contribution is 2.28. The molecular weight excluding hydrogens is 402 g/mol. The Hall–Kier alpha value is -3.54. The van der Waals surface area contributed by atoms with Crippen LogP contribution in [0.15, 0.2) is 65.3 Å². The molecule has 0 fully saturated rings. The van der Waals surface area contributed by atoms with E-state index in [1.165, 1.54) is 17.4 Å². The van der Waals surface area contributed by atoms with Gasteiger partial charge in [0.1, 0.15) is 18.2 Å². The molecule has 2 aromatic carbocycles. The van der Waals surface area contributed by atoms with Crippen molar-refractivity contribution < 1.29 is 13.9 Å². The smallest absolute Gasteiger partial charge is 0.287 e. The number of hydrogen-bond donors (Lipinski definition) is 1. The van der Waals surface area contributed by atoms with Crippen molar-refractivity contribution in [2.45, 2.75) is 46.2 Å². The SMILES string of the molecule is Cc1ccc(C(C)C)c(OCCn2c(C(C)NC(=O)c3ccco3)nc3ccccc32)c1. The Morgan fingerprint density at radius 3 is 2.69 bits per heavy atom. The van der Waals surface area contributed by atoms with Gasteiger partial charge in [-0.1, -0.05) is 38.1 Å². The number of nitrogens with zero attached hydrogens (tertiary/aromatic N) is 2. The quantitative estimate of drug-likeness (QED) is 0.392. The number of furan rings is 1. The first-order valence-corrected chi connectivity index (χ1v) is 11.0. The minimum absolute atomic E-state index is 0.265. The largest absolute Gasteiger partial charge is 0.491 e. The van der Waals surface area contributed by atoms with Gasteiger partial charge in [-0.05, 0) is 61.2 Å². The van der Waals surface area contributed by atoms with E-state index in [0.717, 1.165) is 22.6 Å². The van der Waals surface area contributed by atoms with E-state index in [0.29, 0.717) is 19.1 Å². The number of nitrogens with one attached hydrogen (secondary N) is 1. The van der Waals surface area contributed by atoms with Gasteiger partial charge >= 0.3 is 0 Å². The molecular formula is C26H29N3O3. The van der Waals surface area contributed by atoms with Crippen LogP contribution in [-0.4, -0.2) is 22.1 Å². The first-order chi connectivity index (χ1) is 15.4. The zero-order valence-corrected chi connectivity index (χ0v) is 19.0. The van der Waals surface area contributed by atoms with Crippen LogP contribution in [0.3, 0.4) is 0 Å². The Labute approximate surface area is 188 Å². The number of ether oxygens (including phenoxy) is 1. The summed E-state index contributed by atoms with van der Waals surface area (Å²) in [5, 5.41) is 2.98. The second-order valence-corrected chi connectivity index (χ2v) is 8.33. The summed E-state index contributed by atoms with van der Waals surface area (Å²) in [4.78, 5) is 17.3. The van der Waals surface area contributed by atoms with E-state index in [1.54, 1.807) is 12.1 Å². The highest BCUT2D eigenvalue weighted by Gasteiger charge is 2.20. The van der Waals surface area contributed by atoms with Crippen LogP contribution in [0.4, 0.5) is 0 Å². The molecule has 1 atom stereocenters. The lowest BCUT2D eigenvalue weighted by molar-refractivity contribution is 0.0909. The molecule has 0 radical (unpaired) electrons. The van der Waals surface area contributed by atoms with Crippen LogP contribution in [0.2, 0.25) is 0 Å². The number of aryl methyl sites for hydroxylation is 1. The van der Waals surface area contributed by atoms with Crippen molar-refractivity contribution in [3.63, 3.8) is 0 Å². The predicted molar refractivity (Wildman–Crippen MR) is 125 cm³/mol. The lowest BCUT2D eigenvalue weighted by Crippen LogP contribution is -2.29. The summed E-state index contributed by atoms with van der Waals surface area (Å²) < 4.78 is 13.6. The standard InChI is InChI=1S/C26H29N3O3/c1-17(2)20-12-11-18(3)16-24(20)32-15-13-29-22-9-6-5-8-21(22)28-25(29)19(4)27-26(30)23-10-7-14-31-23/h5-12,14,16-17,19H,13,15H2,1-4H3,(H,27,30). The van der Waals surface area contributed by atoms with Gasteiger partial charge in [-0.3, -0.25) is 4.79 Å². The van der Waals surface area contributed by atoms with Crippen LogP contribution < -0.4 is 10.1 Å². The number of fused-ring (bicyclic) bond motifs is 1. The Kier molecular flexibility index (Phi) is 6.30. The van der Waals surface area contributed by atoms with Crippen molar-refractivity contribution >= 4 is 16.9 Å². The Bertz CT molecular complexity index is 1210. The average molecular weight is 432 g/mol. The van der Waals surface area contributed by atoms with Gasteiger partial charge in [-0.25, -0.2) is 4.98 Å². The second kappa shape index (κ2) is 9.30. The molecule has 0 saturated heterocycles. The molecule has 0 spiro atoms. The fourth-order valence-corrected chi connectivity index (χ4v) is 3.89. The third kappa shape index (κ3) is 4.54. The molecule has 1 N–H and O–H groups in total. The van der Waals surface area contributed by atoms with Crippen molar-refractivity contribution in [2.75, 3.05) is 6.61 Å². The monoisotopic (exact) mass is 431 g/mol. The highest BCUT2D eigenvalue weighted by molar-refractivity contribution is 5.91. The van der Waals surface area contributed by atoms with Crippen molar-refractivity contribution in [3.05, 3.63) is 83.6 Å². The van der Waals surface area contributed by atoms with Gasteiger partial charge in [0.2, 0.25) is 0 Å². The average Bonchev–Trinajstić information content (AvgIpc) is 3.42. The molecule has 4 aromatic rings. The van der Waals surface area contributed by atoms with Gasteiger partial charge in [0, 0.05) is 0 Å². The second-order valence-electron chi connectivity index (χ2n) is 8.33. The zero-order valence-electron chi connectivity index (χ0n) is 19.0. The van der Waals surface area contributed by atoms with E-state index in [2.05, 4.69) is 48.9 Å². The highest BCUT2D eigenvalue weighted by atomic mass is 16.5. The molecule has 2 aromatic heterocycles. The van der Waals surface area contributed by atoms with Gasteiger partial charge in [-0.15, -0.1) is 0 Å². The maximum absolute atomic E-state index is 12.5. The first kappa shape index (κ1) is 21.7. The summed E-state index contributed by atoms with van der Waals surface area (Å²) in [7, 11) is 0. The number of carbonyl (C=O) groups excluding carboxylic acids is 1. The lowest BCUT2D eigenvalue weighted by atomic mass is 10.0. The molecule has 1 unspecified atom stereocenters. The van der Waals surface area contributed by atoms with Crippen LogP contribution in [0, 0.1) is 6.92 Å². The molecule has 1 amide bonds. The number of para-hydroxylation sites is 2. The third-order valence-electron chi connectivity index (χ3n) is 5.53. The molecule has 2 heterocycles.